The first-order valence-corrected chi connectivity index (χ1v) is 6.45. The number of nitrogens with one attached hydrogen (secondary N) is 1. The molecule has 0 aliphatic carbocycles. The molecule has 15 heavy (non-hydrogen) atoms. The maximum atomic E-state index is 11.4. The molecule has 0 aromatic carbocycles. The molecule has 0 aliphatic rings. The molecule has 6 heteroatoms. The molecule has 0 radical (unpaired) electrons. The van der Waals surface area contributed by atoms with Crippen molar-refractivity contribution < 1.29 is 17.9 Å². The Morgan fingerprint density at radius 2 is 1.87 bits per heavy atom. The Kier molecular flexibility index (Phi) is 4.73. The van der Waals surface area contributed by atoms with Crippen molar-refractivity contribution >= 4 is 16.0 Å². The predicted octanol–water partition coefficient (Wildman–Crippen LogP) is 0.656. The number of hydrogen-bond donors (Lipinski definition) is 1. The standard InChI is InChI=1S/C9H19NO4S/c1-6-15(12,13)10-7(2)8(11)14-9(3,4)5/h7,10H,6H2,1-5H3. The van der Waals surface area contributed by atoms with Crippen LogP contribution in [0.1, 0.15) is 34.6 Å². The normalized spacial score (nSPS) is 14.7. The van der Waals surface area contributed by atoms with Crippen LogP contribution in [0.25, 0.3) is 0 Å². The molecule has 1 atom stereocenters. The number of rotatable bonds is 4. The van der Waals surface area contributed by atoms with Crippen LogP contribution in [0.4, 0.5) is 0 Å². The van der Waals surface area contributed by atoms with Gasteiger partial charge in [-0.2, -0.15) is 0 Å². The van der Waals surface area contributed by atoms with E-state index in [4.69, 9.17) is 4.74 Å². The first-order chi connectivity index (χ1) is 6.57. The van der Waals surface area contributed by atoms with E-state index in [0.717, 1.165) is 0 Å². The highest BCUT2D eigenvalue weighted by molar-refractivity contribution is 7.89. The Morgan fingerprint density at radius 3 is 2.20 bits per heavy atom. The molecular weight excluding hydrogens is 218 g/mol. The summed E-state index contributed by atoms with van der Waals surface area (Å²) in [5, 5.41) is 0. The highest BCUT2D eigenvalue weighted by Crippen LogP contribution is 2.08. The van der Waals surface area contributed by atoms with Gasteiger partial charge in [-0.25, -0.2) is 13.1 Å². The van der Waals surface area contributed by atoms with Gasteiger partial charge in [0, 0.05) is 0 Å². The van der Waals surface area contributed by atoms with E-state index in [1.54, 1.807) is 20.8 Å². The van der Waals surface area contributed by atoms with Gasteiger partial charge in [0.05, 0.1) is 5.75 Å². The summed E-state index contributed by atoms with van der Waals surface area (Å²) < 4.78 is 29.6. The van der Waals surface area contributed by atoms with Crippen molar-refractivity contribution in [3.05, 3.63) is 0 Å². The second-order valence-corrected chi connectivity index (χ2v) is 6.32. The topological polar surface area (TPSA) is 72.5 Å². The van der Waals surface area contributed by atoms with Crippen LogP contribution in [0.15, 0.2) is 0 Å². The van der Waals surface area contributed by atoms with Crippen LogP contribution in [0.5, 0.6) is 0 Å². The lowest BCUT2D eigenvalue weighted by Crippen LogP contribution is -2.42. The second kappa shape index (κ2) is 4.94. The Bertz CT molecular complexity index is 315. The highest BCUT2D eigenvalue weighted by atomic mass is 32.2. The number of carbonyl (C=O) groups excluding carboxylic acids is 1. The molecular formula is C9H19NO4S. The molecule has 90 valence electrons. The fourth-order valence-corrected chi connectivity index (χ4v) is 1.59. The Balaban J connectivity index is 4.36. The van der Waals surface area contributed by atoms with Crippen molar-refractivity contribution in [1.82, 2.24) is 4.72 Å². The number of sulfonamides is 1. The van der Waals surface area contributed by atoms with E-state index in [2.05, 4.69) is 4.72 Å². The average molecular weight is 237 g/mol. The minimum Gasteiger partial charge on any atom is -0.459 e. The Morgan fingerprint density at radius 1 is 1.40 bits per heavy atom. The van der Waals surface area contributed by atoms with Gasteiger partial charge in [0.15, 0.2) is 0 Å². The maximum absolute atomic E-state index is 11.4. The molecule has 0 rings (SSSR count). The summed E-state index contributed by atoms with van der Waals surface area (Å²) >= 11 is 0. The Hall–Kier alpha value is -0.620. The lowest BCUT2D eigenvalue weighted by atomic mass is 10.2. The summed E-state index contributed by atoms with van der Waals surface area (Å²) in [6.45, 7) is 8.15. The third-order valence-electron chi connectivity index (χ3n) is 1.50. The number of carbonyl (C=O) groups is 1. The lowest BCUT2D eigenvalue weighted by molar-refractivity contribution is -0.156. The van der Waals surface area contributed by atoms with E-state index >= 15 is 0 Å². The smallest absolute Gasteiger partial charge is 0.324 e. The van der Waals surface area contributed by atoms with E-state index in [0.29, 0.717) is 0 Å². The van der Waals surface area contributed by atoms with Crippen LogP contribution in [0.2, 0.25) is 0 Å². The summed E-state index contributed by atoms with van der Waals surface area (Å²) in [6, 6.07) is -0.853. The zero-order valence-electron chi connectivity index (χ0n) is 9.83. The summed E-state index contributed by atoms with van der Waals surface area (Å²) in [6.07, 6.45) is 0. The lowest BCUT2D eigenvalue weighted by Gasteiger charge is -2.22. The second-order valence-electron chi connectivity index (χ2n) is 4.28. The first kappa shape index (κ1) is 14.4. The fraction of sp³-hybridized carbons (Fsp3) is 0.889. The van der Waals surface area contributed by atoms with Gasteiger partial charge in [0.25, 0.3) is 0 Å². The van der Waals surface area contributed by atoms with E-state index in [1.807, 2.05) is 0 Å². The van der Waals surface area contributed by atoms with E-state index in [9.17, 15) is 13.2 Å². The van der Waals surface area contributed by atoms with Gasteiger partial charge >= 0.3 is 5.97 Å². The molecule has 0 aliphatic heterocycles. The molecule has 1 unspecified atom stereocenters. The van der Waals surface area contributed by atoms with Gasteiger partial charge in [-0.3, -0.25) is 4.79 Å². The molecule has 0 aromatic heterocycles. The van der Waals surface area contributed by atoms with Gasteiger partial charge in [-0.15, -0.1) is 0 Å². The van der Waals surface area contributed by atoms with Crippen LogP contribution in [-0.4, -0.2) is 31.8 Å². The van der Waals surface area contributed by atoms with Crippen LogP contribution >= 0.6 is 0 Å². The van der Waals surface area contributed by atoms with Gasteiger partial charge in [0.1, 0.15) is 11.6 Å². The number of ether oxygens (including phenoxy) is 1. The first-order valence-electron chi connectivity index (χ1n) is 4.80. The van der Waals surface area contributed by atoms with Crippen LogP contribution in [-0.2, 0) is 19.6 Å². The van der Waals surface area contributed by atoms with E-state index in [-0.39, 0.29) is 5.75 Å². The van der Waals surface area contributed by atoms with Gasteiger partial charge in [-0.1, -0.05) is 0 Å². The zero-order valence-corrected chi connectivity index (χ0v) is 10.6. The molecule has 0 spiro atoms. The number of esters is 1. The monoisotopic (exact) mass is 237 g/mol. The van der Waals surface area contributed by atoms with Gasteiger partial charge in [-0.05, 0) is 34.6 Å². The van der Waals surface area contributed by atoms with E-state index in [1.165, 1.54) is 13.8 Å². The predicted molar refractivity (Wildman–Crippen MR) is 57.9 cm³/mol. The summed E-state index contributed by atoms with van der Waals surface area (Å²) in [5.74, 6) is -0.625. The minimum atomic E-state index is -3.37. The van der Waals surface area contributed by atoms with Crippen molar-refractivity contribution in [2.24, 2.45) is 0 Å². The summed E-state index contributed by atoms with van der Waals surface area (Å²) in [5.41, 5.74) is -0.608. The van der Waals surface area contributed by atoms with Crippen LogP contribution < -0.4 is 4.72 Å². The van der Waals surface area contributed by atoms with Gasteiger partial charge < -0.3 is 4.74 Å². The molecule has 0 saturated heterocycles. The zero-order chi connectivity index (χ0) is 12.3. The van der Waals surface area contributed by atoms with Crippen molar-refractivity contribution in [3.63, 3.8) is 0 Å². The molecule has 0 aromatic rings. The van der Waals surface area contributed by atoms with Crippen LogP contribution in [0, 0.1) is 0 Å². The fourth-order valence-electron chi connectivity index (χ4n) is 0.791. The summed E-state index contributed by atoms with van der Waals surface area (Å²) in [7, 11) is -3.37. The largest absolute Gasteiger partial charge is 0.459 e. The van der Waals surface area contributed by atoms with Crippen molar-refractivity contribution in [3.8, 4) is 0 Å². The molecule has 0 heterocycles. The highest BCUT2D eigenvalue weighted by Gasteiger charge is 2.24. The van der Waals surface area contributed by atoms with Gasteiger partial charge in [0.2, 0.25) is 10.0 Å². The SMILES string of the molecule is CCS(=O)(=O)NC(C)C(=O)OC(C)(C)C. The third-order valence-corrected chi connectivity index (χ3v) is 2.97. The summed E-state index contributed by atoms with van der Waals surface area (Å²) in [4.78, 5) is 11.4. The molecule has 0 fully saturated rings. The molecule has 0 saturated carbocycles. The van der Waals surface area contributed by atoms with Crippen molar-refractivity contribution in [1.29, 1.82) is 0 Å². The van der Waals surface area contributed by atoms with Crippen molar-refractivity contribution in [2.75, 3.05) is 5.75 Å². The average Bonchev–Trinajstić information content (AvgIpc) is 2.00. The number of hydrogen-bond acceptors (Lipinski definition) is 4. The van der Waals surface area contributed by atoms with Crippen molar-refractivity contribution in [2.45, 2.75) is 46.3 Å². The van der Waals surface area contributed by atoms with Crippen LogP contribution in [0.3, 0.4) is 0 Å². The third kappa shape index (κ3) is 6.46. The quantitative estimate of drug-likeness (QED) is 0.729. The Labute approximate surface area is 91.2 Å². The maximum Gasteiger partial charge on any atom is 0.324 e. The molecule has 0 bridgehead atoms. The molecule has 5 nitrogen and oxygen atoms in total. The van der Waals surface area contributed by atoms with E-state index < -0.39 is 27.6 Å². The molecule has 0 amide bonds. The minimum absolute atomic E-state index is 0.0554. The molecule has 1 N–H and O–H groups in total.